The lowest BCUT2D eigenvalue weighted by atomic mass is 9.93. The van der Waals surface area contributed by atoms with Crippen LogP contribution in [-0.4, -0.2) is 35.5 Å². The van der Waals surface area contributed by atoms with Crippen LogP contribution in [-0.2, 0) is 0 Å². The Hall–Kier alpha value is -1.69. The Morgan fingerprint density at radius 3 is 2.61 bits per heavy atom. The van der Waals surface area contributed by atoms with Gasteiger partial charge < -0.3 is 16.4 Å². The topological polar surface area (TPSA) is 98.1 Å². The first-order chi connectivity index (χ1) is 8.72. The van der Waals surface area contributed by atoms with Gasteiger partial charge >= 0.3 is 0 Å². The molecule has 1 aromatic rings. The maximum absolute atomic E-state index is 11.3. The summed E-state index contributed by atoms with van der Waals surface area (Å²) in [6, 6.07) is 0. The maximum atomic E-state index is 11.3. The van der Waals surface area contributed by atoms with Crippen LogP contribution >= 0.6 is 0 Å². The number of anilines is 1. The Labute approximate surface area is 106 Å². The smallest absolute Gasteiger partial charge is 0.271 e. The molecule has 6 nitrogen and oxygen atoms in total. The monoisotopic (exact) mass is 249 g/mol. The largest absolute Gasteiger partial charge is 0.364 e. The van der Waals surface area contributed by atoms with E-state index in [9.17, 15) is 4.79 Å². The zero-order valence-electron chi connectivity index (χ0n) is 10.4. The van der Waals surface area contributed by atoms with Crippen LogP contribution in [0.4, 0.5) is 5.82 Å². The molecular weight excluding hydrogens is 230 g/mol. The Bertz CT molecular complexity index is 415. The van der Waals surface area contributed by atoms with Crippen LogP contribution in [0.3, 0.4) is 0 Å². The third kappa shape index (κ3) is 2.76. The van der Waals surface area contributed by atoms with Crippen molar-refractivity contribution in [2.24, 2.45) is 17.4 Å². The molecule has 1 amide bonds. The van der Waals surface area contributed by atoms with Crippen LogP contribution in [0.5, 0.6) is 0 Å². The lowest BCUT2D eigenvalue weighted by molar-refractivity contribution is 0.0995. The quantitative estimate of drug-likeness (QED) is 0.791. The molecule has 4 N–H and O–H groups in total. The third-order valence-corrected chi connectivity index (χ3v) is 3.40. The van der Waals surface area contributed by atoms with Gasteiger partial charge in [-0.25, -0.2) is 9.97 Å². The van der Waals surface area contributed by atoms with Crippen LogP contribution in [0.15, 0.2) is 12.4 Å². The molecule has 0 aliphatic carbocycles. The van der Waals surface area contributed by atoms with Crippen LogP contribution in [0.2, 0.25) is 0 Å². The molecule has 18 heavy (non-hydrogen) atoms. The van der Waals surface area contributed by atoms with E-state index < -0.39 is 5.91 Å². The second-order valence-electron chi connectivity index (χ2n) is 4.60. The lowest BCUT2D eigenvalue weighted by Gasteiger charge is -2.33. The van der Waals surface area contributed by atoms with E-state index >= 15 is 0 Å². The summed E-state index contributed by atoms with van der Waals surface area (Å²) in [6.07, 6.45) is 6.30. The summed E-state index contributed by atoms with van der Waals surface area (Å²) in [7, 11) is 0. The average molecular weight is 249 g/mol. The molecule has 6 heteroatoms. The van der Waals surface area contributed by atoms with Crippen LogP contribution in [0, 0.1) is 5.92 Å². The molecule has 0 spiro atoms. The number of primary amides is 1. The molecule has 0 radical (unpaired) electrons. The number of hydrogen-bond donors (Lipinski definition) is 2. The summed E-state index contributed by atoms with van der Waals surface area (Å²) in [5.41, 5.74) is 11.1. The zero-order chi connectivity index (χ0) is 13.0. The number of amides is 1. The molecule has 1 aliphatic rings. The highest BCUT2D eigenvalue weighted by Gasteiger charge is 2.23. The van der Waals surface area contributed by atoms with Crippen molar-refractivity contribution in [3.05, 3.63) is 18.1 Å². The second kappa shape index (κ2) is 5.77. The number of hydrogen-bond acceptors (Lipinski definition) is 5. The van der Waals surface area contributed by atoms with Gasteiger partial charge in [-0.05, 0) is 31.7 Å². The first-order valence-corrected chi connectivity index (χ1v) is 6.28. The molecule has 0 saturated carbocycles. The summed E-state index contributed by atoms with van der Waals surface area (Å²) in [4.78, 5) is 21.6. The molecule has 0 atom stereocenters. The van der Waals surface area contributed by atoms with Crippen molar-refractivity contribution < 1.29 is 4.79 Å². The summed E-state index contributed by atoms with van der Waals surface area (Å²) < 4.78 is 0. The number of rotatable bonds is 4. The molecule has 1 fully saturated rings. The normalized spacial score (nSPS) is 16.8. The fourth-order valence-corrected chi connectivity index (χ4v) is 2.41. The minimum atomic E-state index is -0.526. The highest BCUT2D eigenvalue weighted by molar-refractivity contribution is 5.95. The summed E-state index contributed by atoms with van der Waals surface area (Å²) in [5, 5.41) is 0. The van der Waals surface area contributed by atoms with Crippen LogP contribution < -0.4 is 16.4 Å². The van der Waals surface area contributed by atoms with Crippen molar-refractivity contribution in [1.29, 1.82) is 0 Å². The fraction of sp³-hybridized carbons (Fsp3) is 0.583. The minimum Gasteiger partial charge on any atom is -0.364 e. The van der Waals surface area contributed by atoms with Crippen molar-refractivity contribution >= 4 is 11.7 Å². The van der Waals surface area contributed by atoms with Crippen LogP contribution in [0.1, 0.15) is 29.8 Å². The number of aromatic nitrogens is 2. The van der Waals surface area contributed by atoms with Gasteiger partial charge in [0.25, 0.3) is 5.91 Å². The van der Waals surface area contributed by atoms with E-state index in [1.54, 1.807) is 6.20 Å². The predicted octanol–water partition coefficient (Wildman–Crippen LogP) is 0.141. The van der Waals surface area contributed by atoms with Gasteiger partial charge in [-0.3, -0.25) is 4.79 Å². The highest BCUT2D eigenvalue weighted by atomic mass is 16.1. The Balaban J connectivity index is 2.07. The number of carbonyl (C=O) groups is 1. The molecule has 1 saturated heterocycles. The highest BCUT2D eigenvalue weighted by Crippen LogP contribution is 2.24. The molecule has 2 heterocycles. The summed E-state index contributed by atoms with van der Waals surface area (Å²) in [6.45, 7) is 2.50. The molecule has 1 aliphatic heterocycles. The van der Waals surface area contributed by atoms with E-state index in [1.165, 1.54) is 6.20 Å². The lowest BCUT2D eigenvalue weighted by Crippen LogP contribution is -2.36. The van der Waals surface area contributed by atoms with Crippen LogP contribution in [0.25, 0.3) is 0 Å². The Kier molecular flexibility index (Phi) is 4.09. The summed E-state index contributed by atoms with van der Waals surface area (Å²) >= 11 is 0. The molecule has 0 bridgehead atoms. The zero-order valence-corrected chi connectivity index (χ0v) is 10.4. The van der Waals surface area contributed by atoms with Crippen molar-refractivity contribution in [2.45, 2.75) is 19.3 Å². The first kappa shape index (κ1) is 12.8. The van der Waals surface area contributed by atoms with Gasteiger partial charge in [0, 0.05) is 25.5 Å². The average Bonchev–Trinajstić information content (AvgIpc) is 2.40. The molecule has 1 aromatic heterocycles. The summed E-state index contributed by atoms with van der Waals surface area (Å²) in [5.74, 6) is 0.762. The van der Waals surface area contributed by atoms with Crippen molar-refractivity contribution in [3.8, 4) is 0 Å². The number of carbonyl (C=O) groups excluding carboxylic acids is 1. The fourth-order valence-electron chi connectivity index (χ4n) is 2.41. The third-order valence-electron chi connectivity index (χ3n) is 3.40. The van der Waals surface area contributed by atoms with E-state index in [4.69, 9.17) is 11.5 Å². The maximum Gasteiger partial charge on any atom is 0.271 e. The molecular formula is C12H19N5O. The van der Waals surface area contributed by atoms with Gasteiger partial charge in [0.15, 0.2) is 11.5 Å². The minimum absolute atomic E-state index is 0.259. The van der Waals surface area contributed by atoms with E-state index in [0.29, 0.717) is 11.7 Å². The van der Waals surface area contributed by atoms with Gasteiger partial charge in [-0.2, -0.15) is 0 Å². The van der Waals surface area contributed by atoms with E-state index in [-0.39, 0.29) is 5.69 Å². The molecule has 2 rings (SSSR count). The standard InChI is InChI=1S/C12H19N5O/c13-4-1-9-2-7-17(8-3-9)12-10(11(14)18)15-5-6-16-12/h5-6,9H,1-4,7-8,13H2,(H2,14,18). The van der Waals surface area contributed by atoms with Crippen molar-refractivity contribution in [3.63, 3.8) is 0 Å². The number of nitrogens with two attached hydrogens (primary N) is 2. The first-order valence-electron chi connectivity index (χ1n) is 6.28. The SMILES string of the molecule is NCCC1CCN(c2nccnc2C(N)=O)CC1. The number of nitrogens with zero attached hydrogens (tertiary/aromatic N) is 3. The van der Waals surface area contributed by atoms with Gasteiger partial charge in [-0.1, -0.05) is 0 Å². The molecule has 0 unspecified atom stereocenters. The van der Waals surface area contributed by atoms with Crippen molar-refractivity contribution in [2.75, 3.05) is 24.5 Å². The second-order valence-corrected chi connectivity index (χ2v) is 4.60. The van der Waals surface area contributed by atoms with E-state index in [1.807, 2.05) is 0 Å². The van der Waals surface area contributed by atoms with Crippen molar-refractivity contribution in [1.82, 2.24) is 9.97 Å². The predicted molar refractivity (Wildman–Crippen MR) is 69.2 cm³/mol. The van der Waals surface area contributed by atoms with E-state index in [2.05, 4.69) is 14.9 Å². The number of piperidine rings is 1. The van der Waals surface area contributed by atoms with Gasteiger partial charge in [0.2, 0.25) is 0 Å². The Morgan fingerprint density at radius 2 is 2.00 bits per heavy atom. The van der Waals surface area contributed by atoms with Gasteiger partial charge in [0.1, 0.15) is 0 Å². The molecule has 98 valence electrons. The van der Waals surface area contributed by atoms with Gasteiger partial charge in [-0.15, -0.1) is 0 Å². The Morgan fingerprint density at radius 1 is 1.33 bits per heavy atom. The molecule has 0 aromatic carbocycles. The van der Waals surface area contributed by atoms with Gasteiger partial charge in [0.05, 0.1) is 0 Å². The van der Waals surface area contributed by atoms with E-state index in [0.717, 1.165) is 38.9 Å².